The number of carbonyl (C=O) groups excluding carboxylic acids is 5. The summed E-state index contributed by atoms with van der Waals surface area (Å²) in [6.45, 7) is 18.8. The Bertz CT molecular complexity index is 3870. The van der Waals surface area contributed by atoms with Gasteiger partial charge in [0.15, 0.2) is 0 Å². The molecule has 10 aliphatic rings. The highest BCUT2D eigenvalue weighted by molar-refractivity contribution is 5.94. The largest absolute Gasteiger partial charge is 0.497 e. The molecule has 1 aromatic heterocycles. The van der Waals surface area contributed by atoms with Gasteiger partial charge in [0.1, 0.15) is 40.3 Å². The summed E-state index contributed by atoms with van der Waals surface area (Å²) in [5, 5.41) is 33.8. The number of ether oxygens (including phenoxy) is 5. The second kappa shape index (κ2) is 27.3. The number of nitrogens with zero attached hydrogens (tertiary/aromatic N) is 5. The average molecular weight is 1360 g/mol. The molecule has 20 heteroatoms. The molecule has 5 N–H and O–H groups in total. The standard InChI is InChI=1S/C49H63N5O7.C28H39N3O5.2CH4/c1-8-14-40(56)50-29-49(58)43-47(19-22-54-20-13-18-46(10-3,42(47)54)44(49)61-30(4)55)35-24-36(39(59-6)25-38(35)52(43)5)48(45(57)60-7)26-32-23-31(9-2)27-53(28-32)21-17-34-33-15-11-12-16-37(33)51-41(34)48;1-6-9-22(33)29-17-28(34)24-27(20-11-10-19(35-5)16-21(20)30(24)4)13-15-31-14-8-12-26(7-2,23(27)31)25(28)36-18(3)32;;/h11-13,15-16,18,23-25,32,42-44,51,58H,8-10,14,17,19-22,26-29H2,1-7H3,(H,50,56);8,10-12,16,23-25,34H,6-7,9,13-15,17H2,1-5H3,(H,29,33);2*1H4/t32-,42?,43+,44+,46+,47+,48-,49-;23?,24-,25-,26-,27-,28+;;/m01../s1. The van der Waals surface area contributed by atoms with Crippen molar-refractivity contribution < 1.29 is 57.9 Å². The van der Waals surface area contributed by atoms with Crippen LogP contribution in [0.4, 0.5) is 11.4 Å². The number of rotatable bonds is 17. The summed E-state index contributed by atoms with van der Waals surface area (Å²) >= 11 is 0. The Morgan fingerprint density at radius 1 is 0.667 bits per heavy atom. The van der Waals surface area contributed by atoms with Gasteiger partial charge in [0.25, 0.3) is 0 Å². The van der Waals surface area contributed by atoms with Crippen LogP contribution in [0.25, 0.3) is 10.9 Å². The number of anilines is 2. The van der Waals surface area contributed by atoms with Crippen LogP contribution in [0.1, 0.15) is 155 Å². The number of carbonyl (C=O) groups is 5. The van der Waals surface area contributed by atoms with Gasteiger partial charge >= 0.3 is 17.9 Å². The molecule has 14 rings (SSSR count). The molecular formula is C79H110N8O12. The van der Waals surface area contributed by atoms with Gasteiger partial charge in [-0.2, -0.15) is 0 Å². The molecule has 538 valence electrons. The molecule has 9 heterocycles. The molecule has 4 fully saturated rings. The first-order valence-electron chi connectivity index (χ1n) is 35.7. The van der Waals surface area contributed by atoms with Gasteiger partial charge in [0.2, 0.25) is 11.8 Å². The Hall–Kier alpha value is -7.23. The van der Waals surface area contributed by atoms with Crippen molar-refractivity contribution in [2.75, 3.05) is 104 Å². The normalized spacial score (nSPS) is 33.9. The highest BCUT2D eigenvalue weighted by atomic mass is 16.6. The summed E-state index contributed by atoms with van der Waals surface area (Å²) in [5.74, 6) is -0.181. The third kappa shape index (κ3) is 10.7. The highest BCUT2D eigenvalue weighted by Crippen LogP contribution is 2.70. The van der Waals surface area contributed by atoms with E-state index in [0.29, 0.717) is 50.7 Å². The van der Waals surface area contributed by atoms with Crippen molar-refractivity contribution in [1.82, 2.24) is 30.3 Å². The van der Waals surface area contributed by atoms with E-state index >= 15 is 4.79 Å². The molecule has 99 heavy (non-hydrogen) atoms. The van der Waals surface area contributed by atoms with Gasteiger partial charge in [0, 0.05) is 153 Å². The van der Waals surface area contributed by atoms with Gasteiger partial charge in [-0.3, -0.25) is 38.7 Å². The monoisotopic (exact) mass is 1360 g/mol. The van der Waals surface area contributed by atoms with Crippen LogP contribution in [0, 0.1) is 16.7 Å². The van der Waals surface area contributed by atoms with E-state index < -0.39 is 74.5 Å². The van der Waals surface area contributed by atoms with E-state index in [4.69, 9.17) is 23.7 Å². The molecular weight excluding hydrogens is 1250 g/mol. The first-order valence-corrected chi connectivity index (χ1v) is 35.7. The minimum absolute atomic E-state index is 0. The molecule has 0 radical (unpaired) electrons. The fraction of sp³-hybridized carbons (Fsp3) is 0.608. The lowest BCUT2D eigenvalue weighted by Crippen LogP contribution is -2.81. The van der Waals surface area contributed by atoms with Gasteiger partial charge in [0.05, 0.1) is 46.5 Å². The molecule has 20 nitrogen and oxygen atoms in total. The van der Waals surface area contributed by atoms with Crippen LogP contribution >= 0.6 is 0 Å². The second-order valence-corrected chi connectivity index (χ2v) is 29.7. The maximum atomic E-state index is 15.4. The van der Waals surface area contributed by atoms with Crippen molar-refractivity contribution in [2.45, 2.75) is 198 Å². The lowest BCUT2D eigenvalue weighted by molar-refractivity contribution is -0.217. The smallest absolute Gasteiger partial charge is 0.322 e. The molecule has 2 aliphatic carbocycles. The molecule has 2 spiro atoms. The van der Waals surface area contributed by atoms with Crippen LogP contribution in [0.5, 0.6) is 11.5 Å². The minimum atomic E-state index is -1.73. The Kier molecular flexibility index (Phi) is 20.1. The number of amides is 2. The molecule has 2 bridgehead atoms. The van der Waals surface area contributed by atoms with Crippen molar-refractivity contribution in [3.63, 3.8) is 0 Å². The predicted octanol–water partition coefficient (Wildman–Crippen LogP) is 9.20. The SMILES string of the molecule is C.C.CCCC(=O)NC[C@@]1(O)[C@H](OC(C)=O)[C@]2(CC)C=CCN3CC[C@@]4(c5cc([C@@]6(C(=O)OC)C[C@@H]7C=C(CC)CN(CCc8c6[nH]c6ccccc86)C7)c(OC)cc5N(C)[C@@H]14)C32.CCCC(=O)NC[C@@]1(O)[C@H](OC(C)=O)[C@]2(CC)C=CCN3CC[C@@]4(c5ccc(OC)cc5N(C)[C@@H]14)C32. The maximum absolute atomic E-state index is 15.4. The number of nitrogens with one attached hydrogen (secondary N) is 3. The number of para-hydroxylation sites is 1. The van der Waals surface area contributed by atoms with E-state index in [1.165, 1.54) is 32.1 Å². The van der Waals surface area contributed by atoms with Crippen LogP contribution in [0.3, 0.4) is 0 Å². The van der Waals surface area contributed by atoms with Crippen LogP contribution in [0.2, 0.25) is 0 Å². The highest BCUT2D eigenvalue weighted by Gasteiger charge is 2.80. The molecule has 3 unspecified atom stereocenters. The second-order valence-electron chi connectivity index (χ2n) is 29.7. The number of aromatic amines is 1. The Morgan fingerprint density at radius 3 is 1.74 bits per heavy atom. The number of hydrogen-bond acceptors (Lipinski definition) is 17. The van der Waals surface area contributed by atoms with E-state index in [1.807, 2.05) is 46.1 Å². The van der Waals surface area contributed by atoms with Crippen molar-refractivity contribution in [2.24, 2.45) is 16.7 Å². The van der Waals surface area contributed by atoms with E-state index in [1.54, 1.807) is 14.2 Å². The maximum Gasteiger partial charge on any atom is 0.322 e. The summed E-state index contributed by atoms with van der Waals surface area (Å²) in [4.78, 5) is 82.7. The summed E-state index contributed by atoms with van der Waals surface area (Å²) in [6, 6.07) is 17.6. The van der Waals surface area contributed by atoms with E-state index in [-0.39, 0.29) is 63.7 Å². The van der Waals surface area contributed by atoms with Gasteiger partial charge in [-0.1, -0.05) is 110 Å². The first-order chi connectivity index (χ1) is 46.5. The number of H-pyrrole nitrogens is 1. The van der Waals surface area contributed by atoms with Crippen LogP contribution in [0.15, 0.2) is 90.6 Å². The van der Waals surface area contributed by atoms with E-state index in [9.17, 15) is 29.4 Å². The number of methoxy groups -OCH3 is 3. The first kappa shape index (κ1) is 73.0. The minimum Gasteiger partial charge on any atom is -0.497 e. The molecule has 2 saturated heterocycles. The predicted molar refractivity (Wildman–Crippen MR) is 385 cm³/mol. The van der Waals surface area contributed by atoms with Crippen LogP contribution < -0.4 is 29.9 Å². The van der Waals surface area contributed by atoms with E-state index in [0.717, 1.165) is 122 Å². The van der Waals surface area contributed by atoms with Crippen molar-refractivity contribution in [1.29, 1.82) is 0 Å². The number of benzene rings is 3. The number of likely N-dealkylation sites (N-methyl/N-ethyl adjacent to an activating group) is 2. The summed E-state index contributed by atoms with van der Waals surface area (Å²) in [6.07, 6.45) is 16.3. The van der Waals surface area contributed by atoms with Crippen molar-refractivity contribution in [3.8, 4) is 11.5 Å². The van der Waals surface area contributed by atoms with Crippen molar-refractivity contribution in [3.05, 3.63) is 118 Å². The van der Waals surface area contributed by atoms with Crippen LogP contribution in [-0.4, -0.2) is 202 Å². The molecule has 15 atom stereocenters. The molecule has 3 aromatic carbocycles. The fourth-order valence-electron chi connectivity index (χ4n) is 21.8. The lowest BCUT2D eigenvalue weighted by Gasteiger charge is -2.64. The number of hydrogen-bond donors (Lipinski definition) is 5. The fourth-order valence-corrected chi connectivity index (χ4v) is 21.8. The number of aliphatic hydroxyl groups is 2. The lowest BCUT2D eigenvalue weighted by atomic mass is 9.47. The molecule has 2 amide bonds. The van der Waals surface area contributed by atoms with Crippen LogP contribution in [-0.2, 0) is 60.8 Å². The van der Waals surface area contributed by atoms with Gasteiger partial charge in [-0.05, 0) is 112 Å². The average Bonchev–Trinajstić information content (AvgIpc) is 1.53. The van der Waals surface area contributed by atoms with Crippen molar-refractivity contribution >= 4 is 52.0 Å². The van der Waals surface area contributed by atoms with Gasteiger partial charge in [-0.25, -0.2) is 0 Å². The van der Waals surface area contributed by atoms with Gasteiger partial charge in [-0.15, -0.1) is 0 Å². The van der Waals surface area contributed by atoms with E-state index in [2.05, 4.69) is 128 Å². The topological polar surface area (TPSA) is 228 Å². The summed E-state index contributed by atoms with van der Waals surface area (Å²) in [7, 11) is 8.81. The zero-order chi connectivity index (χ0) is 68.9. The quantitative estimate of drug-likeness (QED) is 0.0377. The summed E-state index contributed by atoms with van der Waals surface area (Å²) in [5.41, 5.74) is 2.03. The molecule has 2 saturated carbocycles. The number of fused-ring (bicyclic) bond motifs is 7. The molecule has 4 aromatic rings. The zero-order valence-corrected chi connectivity index (χ0v) is 59.0. The van der Waals surface area contributed by atoms with Gasteiger partial charge < -0.3 is 59.3 Å². The Morgan fingerprint density at radius 2 is 1.22 bits per heavy atom. The number of aromatic nitrogens is 1. The Balaban J connectivity index is 0.000000223. The third-order valence-corrected chi connectivity index (χ3v) is 25.0. The summed E-state index contributed by atoms with van der Waals surface area (Å²) < 4.78 is 30.5. The zero-order valence-electron chi connectivity index (χ0n) is 59.0. The molecule has 8 aliphatic heterocycles. The Labute approximate surface area is 586 Å². The number of esters is 3. The third-order valence-electron chi connectivity index (χ3n) is 25.0.